The lowest BCUT2D eigenvalue weighted by Crippen LogP contribution is -2.04. The second-order valence-electron chi connectivity index (χ2n) is 3.50. The van der Waals surface area contributed by atoms with E-state index in [1.165, 1.54) is 0 Å². The number of fused-ring (bicyclic) bond motifs is 1. The monoisotopic (exact) mass is 164 g/mol. The van der Waals surface area contributed by atoms with Gasteiger partial charge in [-0.1, -0.05) is 19.1 Å². The molecule has 1 heterocycles. The lowest BCUT2D eigenvalue weighted by molar-refractivity contribution is -0.137. The van der Waals surface area contributed by atoms with E-state index in [0.29, 0.717) is 5.92 Å². The molecule has 0 N–H and O–H groups in total. The topological polar surface area (TPSA) is 26.3 Å². The van der Waals surface area contributed by atoms with E-state index in [4.69, 9.17) is 4.74 Å². The van der Waals surface area contributed by atoms with E-state index in [1.807, 2.05) is 13.0 Å². The van der Waals surface area contributed by atoms with Gasteiger partial charge < -0.3 is 4.74 Å². The summed E-state index contributed by atoms with van der Waals surface area (Å²) < 4.78 is 5.08. The van der Waals surface area contributed by atoms with Gasteiger partial charge in [-0.3, -0.25) is 0 Å². The summed E-state index contributed by atoms with van der Waals surface area (Å²) in [7, 11) is 0. The minimum atomic E-state index is -0.152. The van der Waals surface area contributed by atoms with Gasteiger partial charge in [0.25, 0.3) is 0 Å². The molecular weight excluding hydrogens is 152 g/mol. The number of esters is 1. The largest absolute Gasteiger partial charge is 0.454 e. The second kappa shape index (κ2) is 2.47. The minimum Gasteiger partial charge on any atom is -0.454 e. The van der Waals surface area contributed by atoms with Crippen molar-refractivity contribution in [2.75, 3.05) is 0 Å². The SMILES string of the molecule is CC1C=C2C(=O)OC(C)C2=CC1. The fourth-order valence-electron chi connectivity index (χ4n) is 1.73. The molecule has 1 saturated heterocycles. The fourth-order valence-corrected chi connectivity index (χ4v) is 1.73. The van der Waals surface area contributed by atoms with Crippen LogP contribution in [0, 0.1) is 5.92 Å². The number of hydrogen-bond acceptors (Lipinski definition) is 2. The summed E-state index contributed by atoms with van der Waals surface area (Å²) in [6, 6.07) is 0. The third-order valence-electron chi connectivity index (χ3n) is 2.41. The molecule has 2 nitrogen and oxygen atoms in total. The first-order valence-corrected chi connectivity index (χ1v) is 4.31. The summed E-state index contributed by atoms with van der Waals surface area (Å²) in [5.41, 5.74) is 1.87. The molecular formula is C10H12O2. The standard InChI is InChI=1S/C10H12O2/c1-6-3-4-8-7(2)12-10(11)9(8)5-6/h4-7H,3H2,1-2H3. The molecule has 2 unspecified atom stereocenters. The van der Waals surface area contributed by atoms with Crippen molar-refractivity contribution in [3.63, 3.8) is 0 Å². The van der Waals surface area contributed by atoms with E-state index in [0.717, 1.165) is 17.6 Å². The molecule has 2 atom stereocenters. The summed E-state index contributed by atoms with van der Waals surface area (Å²) in [6.07, 6.45) is 5.13. The molecule has 2 aliphatic rings. The third kappa shape index (κ3) is 0.986. The van der Waals surface area contributed by atoms with Crippen molar-refractivity contribution in [2.45, 2.75) is 26.4 Å². The van der Waals surface area contributed by atoms with Crippen molar-refractivity contribution in [1.82, 2.24) is 0 Å². The van der Waals surface area contributed by atoms with E-state index in [1.54, 1.807) is 0 Å². The van der Waals surface area contributed by atoms with Crippen molar-refractivity contribution in [2.24, 2.45) is 5.92 Å². The Kier molecular flexibility index (Phi) is 1.56. The highest BCUT2D eigenvalue weighted by molar-refractivity contribution is 5.97. The Morgan fingerprint density at radius 1 is 1.50 bits per heavy atom. The molecule has 1 fully saturated rings. The number of ether oxygens (including phenoxy) is 1. The van der Waals surface area contributed by atoms with Crippen molar-refractivity contribution in [1.29, 1.82) is 0 Å². The molecule has 0 aromatic rings. The molecule has 12 heavy (non-hydrogen) atoms. The summed E-state index contributed by atoms with van der Waals surface area (Å²) in [5, 5.41) is 0. The highest BCUT2D eigenvalue weighted by Gasteiger charge is 2.32. The lowest BCUT2D eigenvalue weighted by Gasteiger charge is -2.11. The second-order valence-corrected chi connectivity index (χ2v) is 3.50. The van der Waals surface area contributed by atoms with Crippen LogP contribution in [0.2, 0.25) is 0 Å². The lowest BCUT2D eigenvalue weighted by atomic mass is 9.91. The average molecular weight is 164 g/mol. The number of cyclic esters (lactones) is 1. The van der Waals surface area contributed by atoms with Crippen LogP contribution in [0.5, 0.6) is 0 Å². The average Bonchev–Trinajstić information content (AvgIpc) is 2.28. The van der Waals surface area contributed by atoms with Crippen LogP contribution >= 0.6 is 0 Å². The molecule has 2 heteroatoms. The smallest absolute Gasteiger partial charge is 0.338 e. The molecule has 0 aromatic heterocycles. The van der Waals surface area contributed by atoms with Crippen LogP contribution in [0.15, 0.2) is 23.3 Å². The van der Waals surface area contributed by atoms with Crippen LogP contribution in [0.1, 0.15) is 20.3 Å². The van der Waals surface area contributed by atoms with Gasteiger partial charge in [-0.15, -0.1) is 0 Å². The number of hydrogen-bond donors (Lipinski definition) is 0. The van der Waals surface area contributed by atoms with Crippen LogP contribution in [-0.2, 0) is 9.53 Å². The van der Waals surface area contributed by atoms with Crippen molar-refractivity contribution >= 4 is 5.97 Å². The molecule has 1 aliphatic carbocycles. The summed E-state index contributed by atoms with van der Waals surface area (Å²) in [5.74, 6) is 0.321. The highest BCUT2D eigenvalue weighted by Crippen LogP contribution is 2.32. The van der Waals surface area contributed by atoms with Crippen LogP contribution in [0.25, 0.3) is 0 Å². The van der Waals surface area contributed by atoms with Crippen LogP contribution in [0.3, 0.4) is 0 Å². The summed E-state index contributed by atoms with van der Waals surface area (Å²) in [4.78, 5) is 11.2. The van der Waals surface area contributed by atoms with Gasteiger partial charge in [0.05, 0.1) is 5.57 Å². The summed E-state index contributed by atoms with van der Waals surface area (Å²) >= 11 is 0. The predicted octanol–water partition coefficient (Wildman–Crippen LogP) is 1.82. The van der Waals surface area contributed by atoms with Gasteiger partial charge in [0, 0.05) is 5.57 Å². The Morgan fingerprint density at radius 2 is 2.25 bits per heavy atom. The van der Waals surface area contributed by atoms with Gasteiger partial charge in [0.2, 0.25) is 0 Å². The van der Waals surface area contributed by atoms with Gasteiger partial charge in [0.15, 0.2) is 0 Å². The van der Waals surface area contributed by atoms with Gasteiger partial charge in [-0.05, 0) is 19.3 Å². The van der Waals surface area contributed by atoms with Crippen molar-refractivity contribution < 1.29 is 9.53 Å². The molecule has 0 saturated carbocycles. The Bertz CT molecular complexity index is 286. The fraction of sp³-hybridized carbons (Fsp3) is 0.500. The van der Waals surface area contributed by atoms with E-state index in [9.17, 15) is 4.79 Å². The highest BCUT2D eigenvalue weighted by atomic mass is 16.5. The number of allylic oxidation sites excluding steroid dienone is 2. The number of carbonyl (C=O) groups is 1. The molecule has 0 spiro atoms. The summed E-state index contributed by atoms with van der Waals surface area (Å²) in [6.45, 7) is 4.02. The van der Waals surface area contributed by atoms with Crippen LogP contribution in [0.4, 0.5) is 0 Å². The molecule has 0 amide bonds. The Hall–Kier alpha value is -1.05. The third-order valence-corrected chi connectivity index (χ3v) is 2.41. The van der Waals surface area contributed by atoms with Crippen molar-refractivity contribution in [3.05, 3.63) is 23.3 Å². The van der Waals surface area contributed by atoms with Gasteiger partial charge in [-0.2, -0.15) is 0 Å². The molecule has 0 radical (unpaired) electrons. The zero-order chi connectivity index (χ0) is 8.72. The Labute approximate surface area is 71.9 Å². The normalized spacial score (nSPS) is 33.7. The maximum absolute atomic E-state index is 11.2. The molecule has 0 aromatic carbocycles. The zero-order valence-corrected chi connectivity index (χ0v) is 7.33. The van der Waals surface area contributed by atoms with Crippen molar-refractivity contribution in [3.8, 4) is 0 Å². The van der Waals surface area contributed by atoms with E-state index >= 15 is 0 Å². The maximum Gasteiger partial charge on any atom is 0.338 e. The number of carbonyl (C=O) groups excluding carboxylic acids is 1. The van der Waals surface area contributed by atoms with E-state index in [-0.39, 0.29) is 12.1 Å². The quantitative estimate of drug-likeness (QED) is 0.510. The van der Waals surface area contributed by atoms with E-state index in [2.05, 4.69) is 13.0 Å². The predicted molar refractivity (Wildman–Crippen MR) is 45.5 cm³/mol. The van der Waals surface area contributed by atoms with Gasteiger partial charge >= 0.3 is 5.97 Å². The Balaban J connectivity index is 2.39. The molecule has 0 bridgehead atoms. The van der Waals surface area contributed by atoms with Crippen LogP contribution < -0.4 is 0 Å². The van der Waals surface area contributed by atoms with Gasteiger partial charge in [0.1, 0.15) is 6.10 Å². The minimum absolute atomic E-state index is 0.0313. The first-order chi connectivity index (χ1) is 5.68. The number of rotatable bonds is 0. The first-order valence-electron chi connectivity index (χ1n) is 4.31. The van der Waals surface area contributed by atoms with E-state index < -0.39 is 0 Å². The molecule has 1 aliphatic heterocycles. The first kappa shape index (κ1) is 7.59. The zero-order valence-electron chi connectivity index (χ0n) is 7.33. The molecule has 64 valence electrons. The van der Waals surface area contributed by atoms with Crippen LogP contribution in [-0.4, -0.2) is 12.1 Å². The Morgan fingerprint density at radius 3 is 3.00 bits per heavy atom. The van der Waals surface area contributed by atoms with Gasteiger partial charge in [-0.25, -0.2) is 4.79 Å². The molecule has 2 rings (SSSR count). The maximum atomic E-state index is 11.2.